The number of hydrogen-bond acceptors (Lipinski definition) is 7. The number of benzene rings is 2. The van der Waals surface area contributed by atoms with Crippen LogP contribution in [-0.2, 0) is 14.3 Å². The van der Waals surface area contributed by atoms with E-state index in [0.29, 0.717) is 17.0 Å². The SMILES string of the molecule is COC(=O)C1CN(C(=O)/C=C/c2ccc(Sc3ccccc3C(C)C)c([N+](=O)[O-])c2)CCC1O. The number of carbonyl (C=O) groups is 2. The predicted molar refractivity (Wildman–Crippen MR) is 129 cm³/mol. The molecular formula is C25H28N2O6S. The largest absolute Gasteiger partial charge is 0.469 e. The quantitative estimate of drug-likeness (QED) is 0.270. The summed E-state index contributed by atoms with van der Waals surface area (Å²) >= 11 is 1.35. The zero-order chi connectivity index (χ0) is 24.8. The summed E-state index contributed by atoms with van der Waals surface area (Å²) in [6.07, 6.45) is 2.26. The van der Waals surface area contributed by atoms with Crippen LogP contribution in [0.2, 0.25) is 0 Å². The third-order valence-electron chi connectivity index (χ3n) is 5.75. The summed E-state index contributed by atoms with van der Waals surface area (Å²) in [5.41, 5.74) is 1.60. The number of aliphatic hydroxyl groups is 1. The number of piperidine rings is 1. The number of ether oxygens (including phenoxy) is 1. The van der Waals surface area contributed by atoms with E-state index in [9.17, 15) is 24.8 Å². The predicted octanol–water partition coefficient (Wildman–Crippen LogP) is 4.27. The average molecular weight is 485 g/mol. The Balaban J connectivity index is 1.77. The van der Waals surface area contributed by atoms with Gasteiger partial charge in [0.25, 0.3) is 5.69 Å². The molecule has 0 aliphatic carbocycles. The van der Waals surface area contributed by atoms with E-state index in [4.69, 9.17) is 4.74 Å². The molecule has 2 unspecified atom stereocenters. The molecule has 2 atom stereocenters. The van der Waals surface area contributed by atoms with Gasteiger partial charge < -0.3 is 14.7 Å². The summed E-state index contributed by atoms with van der Waals surface area (Å²) in [5.74, 6) is -1.41. The minimum absolute atomic E-state index is 0.0370. The number of likely N-dealkylation sites (tertiary alicyclic amines) is 1. The lowest BCUT2D eigenvalue weighted by Crippen LogP contribution is -2.48. The topological polar surface area (TPSA) is 110 Å². The van der Waals surface area contributed by atoms with Gasteiger partial charge in [-0.2, -0.15) is 0 Å². The molecule has 1 N–H and O–H groups in total. The van der Waals surface area contributed by atoms with Crippen LogP contribution in [0, 0.1) is 16.0 Å². The fraction of sp³-hybridized carbons (Fsp3) is 0.360. The normalized spacial score (nSPS) is 18.3. The maximum absolute atomic E-state index is 12.6. The van der Waals surface area contributed by atoms with E-state index < -0.39 is 22.9 Å². The molecule has 0 spiro atoms. The van der Waals surface area contributed by atoms with E-state index in [1.165, 1.54) is 42.0 Å². The molecule has 2 aromatic rings. The Bertz CT molecular complexity index is 1100. The first-order chi connectivity index (χ1) is 16.2. The van der Waals surface area contributed by atoms with Crippen molar-refractivity contribution in [2.75, 3.05) is 20.2 Å². The van der Waals surface area contributed by atoms with Crippen LogP contribution >= 0.6 is 11.8 Å². The van der Waals surface area contributed by atoms with Crippen LogP contribution in [0.4, 0.5) is 5.69 Å². The fourth-order valence-electron chi connectivity index (χ4n) is 3.83. The van der Waals surface area contributed by atoms with E-state index in [2.05, 4.69) is 13.8 Å². The monoisotopic (exact) mass is 484 g/mol. The Morgan fingerprint density at radius 2 is 1.97 bits per heavy atom. The summed E-state index contributed by atoms with van der Waals surface area (Å²) in [7, 11) is 1.24. The molecule has 1 saturated heterocycles. The average Bonchev–Trinajstić information content (AvgIpc) is 2.83. The summed E-state index contributed by atoms with van der Waals surface area (Å²) in [5, 5.41) is 21.8. The molecule has 1 aliphatic heterocycles. The van der Waals surface area contributed by atoms with Gasteiger partial charge in [-0.15, -0.1) is 0 Å². The highest BCUT2D eigenvalue weighted by Gasteiger charge is 2.35. The Morgan fingerprint density at radius 3 is 2.65 bits per heavy atom. The molecule has 0 bridgehead atoms. The number of hydrogen-bond donors (Lipinski definition) is 1. The number of amides is 1. The van der Waals surface area contributed by atoms with E-state index in [-0.39, 0.29) is 30.5 Å². The van der Waals surface area contributed by atoms with Gasteiger partial charge in [0.05, 0.1) is 23.0 Å². The molecule has 0 saturated carbocycles. The van der Waals surface area contributed by atoms with E-state index in [0.717, 1.165) is 10.5 Å². The lowest BCUT2D eigenvalue weighted by Gasteiger charge is -2.34. The number of nitrogens with zero attached hydrogens (tertiary/aromatic N) is 2. The molecule has 1 amide bonds. The molecule has 9 heteroatoms. The third kappa shape index (κ3) is 6.03. The van der Waals surface area contributed by atoms with E-state index in [1.54, 1.807) is 12.1 Å². The van der Waals surface area contributed by atoms with Crippen molar-refractivity contribution in [2.24, 2.45) is 5.92 Å². The van der Waals surface area contributed by atoms with E-state index in [1.807, 2.05) is 24.3 Å². The van der Waals surface area contributed by atoms with Gasteiger partial charge in [-0.05, 0) is 41.7 Å². The van der Waals surface area contributed by atoms with Crippen molar-refractivity contribution in [3.8, 4) is 0 Å². The Morgan fingerprint density at radius 1 is 1.24 bits per heavy atom. The number of carbonyl (C=O) groups excluding carboxylic acids is 2. The number of nitro groups is 1. The van der Waals surface area contributed by atoms with Gasteiger partial charge in [-0.3, -0.25) is 19.7 Å². The van der Waals surface area contributed by atoms with Crippen molar-refractivity contribution >= 4 is 35.4 Å². The number of methoxy groups -OCH3 is 1. The maximum atomic E-state index is 12.6. The third-order valence-corrected chi connectivity index (χ3v) is 6.91. The van der Waals surface area contributed by atoms with Gasteiger partial charge in [0.1, 0.15) is 5.92 Å². The number of esters is 1. The standard InChI is InChI=1S/C25H28N2O6S/c1-16(2)18-6-4-5-7-22(18)34-23-10-8-17(14-20(23)27(31)32)9-11-24(29)26-13-12-21(28)19(15-26)25(30)33-3/h4-11,14,16,19,21,28H,12-13,15H2,1-3H3/b11-9+. The molecule has 1 heterocycles. The summed E-state index contributed by atoms with van der Waals surface area (Å²) in [6.45, 7) is 4.52. The molecule has 0 aromatic heterocycles. The van der Waals surface area contributed by atoms with Crippen LogP contribution in [0.1, 0.15) is 37.3 Å². The molecule has 0 radical (unpaired) electrons. The van der Waals surface area contributed by atoms with Crippen molar-refractivity contribution < 1.29 is 24.4 Å². The zero-order valence-corrected chi connectivity index (χ0v) is 20.2. The second-order valence-corrected chi connectivity index (χ2v) is 9.47. The zero-order valence-electron chi connectivity index (χ0n) is 19.3. The van der Waals surface area contributed by atoms with Crippen LogP contribution in [0.15, 0.2) is 58.3 Å². The number of rotatable bonds is 7. The Kier molecular flexibility index (Phi) is 8.46. The molecule has 1 fully saturated rings. The first kappa shape index (κ1) is 25.5. The van der Waals surface area contributed by atoms with Crippen molar-refractivity contribution in [1.82, 2.24) is 4.90 Å². The molecule has 3 rings (SSSR count). The lowest BCUT2D eigenvalue weighted by molar-refractivity contribution is -0.387. The summed E-state index contributed by atoms with van der Waals surface area (Å²) < 4.78 is 4.71. The second kappa shape index (κ2) is 11.3. The van der Waals surface area contributed by atoms with Crippen molar-refractivity contribution in [2.45, 2.75) is 42.1 Å². The van der Waals surface area contributed by atoms with Gasteiger partial charge in [0.2, 0.25) is 5.91 Å². The summed E-state index contributed by atoms with van der Waals surface area (Å²) in [4.78, 5) is 38.8. The highest BCUT2D eigenvalue weighted by molar-refractivity contribution is 7.99. The fourth-order valence-corrected chi connectivity index (χ4v) is 5.01. The molecule has 34 heavy (non-hydrogen) atoms. The van der Waals surface area contributed by atoms with Crippen molar-refractivity contribution in [1.29, 1.82) is 0 Å². The van der Waals surface area contributed by atoms with Crippen LogP contribution in [-0.4, -0.2) is 53.1 Å². The van der Waals surface area contributed by atoms with Crippen LogP contribution in [0.25, 0.3) is 6.08 Å². The van der Waals surface area contributed by atoms with Crippen LogP contribution in [0.5, 0.6) is 0 Å². The molecule has 1 aliphatic rings. The minimum Gasteiger partial charge on any atom is -0.469 e. The maximum Gasteiger partial charge on any atom is 0.313 e. The minimum atomic E-state index is -0.853. The smallest absolute Gasteiger partial charge is 0.313 e. The molecule has 8 nitrogen and oxygen atoms in total. The molecule has 2 aromatic carbocycles. The summed E-state index contributed by atoms with van der Waals surface area (Å²) in [6, 6.07) is 12.7. The van der Waals surface area contributed by atoms with Crippen molar-refractivity contribution in [3.05, 3.63) is 69.8 Å². The van der Waals surface area contributed by atoms with Gasteiger partial charge >= 0.3 is 5.97 Å². The van der Waals surface area contributed by atoms with Gasteiger partial charge in [-0.1, -0.05) is 49.9 Å². The Labute approximate surface area is 202 Å². The lowest BCUT2D eigenvalue weighted by atomic mass is 9.94. The van der Waals surface area contributed by atoms with E-state index >= 15 is 0 Å². The first-order valence-corrected chi connectivity index (χ1v) is 11.8. The molecular weight excluding hydrogens is 456 g/mol. The Hall–Kier alpha value is -3.17. The molecule has 180 valence electrons. The number of nitro benzene ring substituents is 1. The van der Waals surface area contributed by atoms with Crippen molar-refractivity contribution in [3.63, 3.8) is 0 Å². The number of aliphatic hydroxyl groups excluding tert-OH is 1. The first-order valence-electron chi connectivity index (χ1n) is 11.0. The van der Waals surface area contributed by atoms with Crippen LogP contribution < -0.4 is 0 Å². The highest BCUT2D eigenvalue weighted by Crippen LogP contribution is 2.39. The van der Waals surface area contributed by atoms with Gasteiger partial charge in [0.15, 0.2) is 0 Å². The van der Waals surface area contributed by atoms with Crippen LogP contribution in [0.3, 0.4) is 0 Å². The second-order valence-electron chi connectivity index (χ2n) is 8.38. The van der Waals surface area contributed by atoms with Gasteiger partial charge in [-0.25, -0.2) is 0 Å². The highest BCUT2D eigenvalue weighted by atomic mass is 32.2. The van der Waals surface area contributed by atoms with Gasteiger partial charge in [0, 0.05) is 30.1 Å².